The van der Waals surface area contributed by atoms with Crippen LogP contribution in [-0.2, 0) is 0 Å². The Morgan fingerprint density at radius 2 is 2.27 bits per heavy atom. The van der Waals surface area contributed by atoms with Crippen LogP contribution < -0.4 is 0 Å². The van der Waals surface area contributed by atoms with Crippen molar-refractivity contribution in [3.8, 4) is 0 Å². The van der Waals surface area contributed by atoms with Gasteiger partial charge in [-0.1, -0.05) is 0 Å². The second kappa shape index (κ2) is 2.30. The van der Waals surface area contributed by atoms with Crippen molar-refractivity contribution in [2.24, 2.45) is 0 Å². The van der Waals surface area contributed by atoms with Gasteiger partial charge in [-0.25, -0.2) is 0 Å². The van der Waals surface area contributed by atoms with Crippen molar-refractivity contribution in [2.75, 3.05) is 0 Å². The molecule has 0 spiro atoms. The first kappa shape index (κ1) is 6.79. The minimum absolute atomic E-state index is 1.03. The fourth-order valence-electron chi connectivity index (χ4n) is 1.03. The third kappa shape index (κ3) is 0.939. The van der Waals surface area contributed by atoms with Crippen molar-refractivity contribution in [3.05, 3.63) is 28.5 Å². The van der Waals surface area contributed by atoms with E-state index in [0.717, 1.165) is 15.6 Å². The van der Waals surface area contributed by atoms with E-state index >= 15 is 0 Å². The maximum Gasteiger partial charge on any atom is 0.104 e. The SMILES string of the molecule is Cc1cnn2nccc(Br)c12. The molecule has 0 aliphatic heterocycles. The number of aryl methyl sites for hydroxylation is 1. The first-order valence-electron chi connectivity index (χ1n) is 3.24. The van der Waals surface area contributed by atoms with Crippen molar-refractivity contribution in [3.63, 3.8) is 0 Å². The minimum Gasteiger partial charge on any atom is -0.158 e. The molecule has 2 heterocycles. The Kier molecular flexibility index (Phi) is 1.42. The van der Waals surface area contributed by atoms with Crippen LogP contribution in [0.5, 0.6) is 0 Å². The van der Waals surface area contributed by atoms with Gasteiger partial charge in [0.15, 0.2) is 0 Å². The molecule has 0 unspecified atom stereocenters. The van der Waals surface area contributed by atoms with E-state index < -0.39 is 0 Å². The van der Waals surface area contributed by atoms with Crippen molar-refractivity contribution >= 4 is 21.4 Å². The predicted molar refractivity (Wildman–Crippen MR) is 45.4 cm³/mol. The zero-order valence-corrected chi connectivity index (χ0v) is 7.54. The lowest BCUT2D eigenvalue weighted by atomic mass is 10.3. The third-order valence-electron chi connectivity index (χ3n) is 1.56. The van der Waals surface area contributed by atoms with E-state index in [9.17, 15) is 0 Å². The van der Waals surface area contributed by atoms with Gasteiger partial charge in [0.2, 0.25) is 0 Å². The lowest BCUT2D eigenvalue weighted by molar-refractivity contribution is 0.797. The summed E-state index contributed by atoms with van der Waals surface area (Å²) in [5.41, 5.74) is 2.16. The summed E-state index contributed by atoms with van der Waals surface area (Å²) in [6.07, 6.45) is 3.51. The van der Waals surface area contributed by atoms with Gasteiger partial charge in [-0.3, -0.25) is 0 Å². The molecule has 3 nitrogen and oxygen atoms in total. The molecule has 56 valence electrons. The molecule has 0 aliphatic rings. The van der Waals surface area contributed by atoms with Gasteiger partial charge < -0.3 is 0 Å². The summed E-state index contributed by atoms with van der Waals surface area (Å²) in [7, 11) is 0. The number of hydrogen-bond donors (Lipinski definition) is 0. The summed E-state index contributed by atoms with van der Waals surface area (Å²) in [5.74, 6) is 0. The average molecular weight is 212 g/mol. The Hall–Kier alpha value is -0.900. The Bertz CT molecular complexity index is 393. The van der Waals surface area contributed by atoms with Crippen LogP contribution in [0.25, 0.3) is 5.52 Å². The highest BCUT2D eigenvalue weighted by Gasteiger charge is 2.02. The van der Waals surface area contributed by atoms with Gasteiger partial charge in [-0.05, 0) is 34.5 Å². The number of aromatic nitrogens is 3. The molecule has 0 aromatic carbocycles. The number of halogens is 1. The van der Waals surface area contributed by atoms with Crippen LogP contribution in [0, 0.1) is 6.92 Å². The molecule has 0 radical (unpaired) electrons. The van der Waals surface area contributed by atoms with E-state index in [2.05, 4.69) is 26.1 Å². The molecule has 0 saturated carbocycles. The van der Waals surface area contributed by atoms with E-state index in [1.54, 1.807) is 17.0 Å². The van der Waals surface area contributed by atoms with Crippen LogP contribution >= 0.6 is 15.9 Å². The van der Waals surface area contributed by atoms with Gasteiger partial charge in [0.1, 0.15) is 5.52 Å². The monoisotopic (exact) mass is 211 g/mol. The van der Waals surface area contributed by atoms with Gasteiger partial charge in [0, 0.05) is 4.47 Å². The molecule has 0 bridgehead atoms. The van der Waals surface area contributed by atoms with Crippen molar-refractivity contribution in [2.45, 2.75) is 6.92 Å². The maximum atomic E-state index is 4.05. The summed E-state index contributed by atoms with van der Waals surface area (Å²) < 4.78 is 2.64. The normalized spacial score (nSPS) is 10.7. The molecule has 0 aliphatic carbocycles. The van der Waals surface area contributed by atoms with Crippen molar-refractivity contribution < 1.29 is 0 Å². The molecule has 0 saturated heterocycles. The van der Waals surface area contributed by atoms with Crippen LogP contribution in [0.4, 0.5) is 0 Å². The highest BCUT2D eigenvalue weighted by atomic mass is 79.9. The Morgan fingerprint density at radius 1 is 1.45 bits per heavy atom. The molecule has 0 atom stereocenters. The summed E-state index contributed by atoms with van der Waals surface area (Å²) in [6.45, 7) is 2.01. The summed E-state index contributed by atoms with van der Waals surface area (Å²) in [6, 6.07) is 1.91. The van der Waals surface area contributed by atoms with Gasteiger partial charge in [-0.2, -0.15) is 14.8 Å². The molecule has 2 aromatic heterocycles. The Balaban J connectivity index is 2.96. The molecule has 0 amide bonds. The molecular weight excluding hydrogens is 206 g/mol. The standard InChI is InChI=1S/C7H6BrN3/c1-5-4-10-11-7(5)6(8)2-3-9-11/h2-4H,1H3. The molecule has 0 fully saturated rings. The van der Waals surface area contributed by atoms with Gasteiger partial charge in [0.25, 0.3) is 0 Å². The zero-order valence-electron chi connectivity index (χ0n) is 5.95. The van der Waals surface area contributed by atoms with E-state index in [-0.39, 0.29) is 0 Å². The van der Waals surface area contributed by atoms with Gasteiger partial charge in [-0.15, -0.1) is 0 Å². The summed E-state index contributed by atoms with van der Waals surface area (Å²) >= 11 is 3.43. The van der Waals surface area contributed by atoms with Crippen LogP contribution in [0.15, 0.2) is 22.9 Å². The number of rotatable bonds is 0. The second-order valence-electron chi connectivity index (χ2n) is 2.34. The topological polar surface area (TPSA) is 30.2 Å². The molecule has 4 heteroatoms. The highest BCUT2D eigenvalue weighted by Crippen LogP contribution is 2.18. The summed E-state index contributed by atoms with van der Waals surface area (Å²) in [5, 5.41) is 8.09. The predicted octanol–water partition coefficient (Wildman–Crippen LogP) is 1.80. The first-order chi connectivity index (χ1) is 5.29. The number of hydrogen-bond acceptors (Lipinski definition) is 2. The highest BCUT2D eigenvalue weighted by molar-refractivity contribution is 9.10. The fraction of sp³-hybridized carbons (Fsp3) is 0.143. The molecule has 2 rings (SSSR count). The van der Waals surface area contributed by atoms with Crippen LogP contribution in [0.2, 0.25) is 0 Å². The van der Waals surface area contributed by atoms with E-state index in [1.807, 2.05) is 13.0 Å². The van der Waals surface area contributed by atoms with E-state index in [4.69, 9.17) is 0 Å². The molecule has 0 N–H and O–H groups in total. The van der Waals surface area contributed by atoms with Crippen molar-refractivity contribution in [1.82, 2.24) is 14.8 Å². The average Bonchev–Trinajstić information content (AvgIpc) is 2.34. The zero-order chi connectivity index (χ0) is 7.84. The number of fused-ring (bicyclic) bond motifs is 1. The third-order valence-corrected chi connectivity index (χ3v) is 2.20. The second-order valence-corrected chi connectivity index (χ2v) is 3.20. The van der Waals surface area contributed by atoms with Gasteiger partial charge in [0.05, 0.1) is 12.4 Å². The van der Waals surface area contributed by atoms with E-state index in [1.165, 1.54) is 0 Å². The van der Waals surface area contributed by atoms with Gasteiger partial charge >= 0.3 is 0 Å². The van der Waals surface area contributed by atoms with Crippen molar-refractivity contribution in [1.29, 1.82) is 0 Å². The number of nitrogens with zero attached hydrogens (tertiary/aromatic N) is 3. The molecule has 11 heavy (non-hydrogen) atoms. The minimum atomic E-state index is 1.03. The smallest absolute Gasteiger partial charge is 0.104 e. The summed E-state index contributed by atoms with van der Waals surface area (Å²) in [4.78, 5) is 0. The Morgan fingerprint density at radius 3 is 3.00 bits per heavy atom. The Labute approximate surface area is 72.2 Å². The largest absolute Gasteiger partial charge is 0.158 e. The lowest BCUT2D eigenvalue weighted by Gasteiger charge is -1.93. The van der Waals surface area contributed by atoms with Crippen LogP contribution in [0.1, 0.15) is 5.56 Å². The molecule has 2 aromatic rings. The lowest BCUT2D eigenvalue weighted by Crippen LogP contribution is -1.91. The first-order valence-corrected chi connectivity index (χ1v) is 4.03. The van der Waals surface area contributed by atoms with E-state index in [0.29, 0.717) is 0 Å². The van der Waals surface area contributed by atoms with Crippen LogP contribution in [-0.4, -0.2) is 14.8 Å². The van der Waals surface area contributed by atoms with Crippen LogP contribution in [0.3, 0.4) is 0 Å². The quantitative estimate of drug-likeness (QED) is 0.666. The fourth-order valence-corrected chi connectivity index (χ4v) is 1.62. The maximum absolute atomic E-state index is 4.05. The molecular formula is C7H6BrN3.